The Morgan fingerprint density at radius 1 is 1.08 bits per heavy atom. The van der Waals surface area contributed by atoms with E-state index in [2.05, 4.69) is 10.1 Å². The second-order valence-electron chi connectivity index (χ2n) is 4.98. The summed E-state index contributed by atoms with van der Waals surface area (Å²) in [6.07, 6.45) is 0. The van der Waals surface area contributed by atoms with Gasteiger partial charge in [-0.1, -0.05) is 23.7 Å². The molecule has 0 saturated heterocycles. The van der Waals surface area contributed by atoms with Crippen LogP contribution >= 0.6 is 11.6 Å². The number of benzene rings is 2. The fourth-order valence-corrected chi connectivity index (χ4v) is 2.11. The summed E-state index contributed by atoms with van der Waals surface area (Å²) in [6.45, 7) is -1.22. The van der Waals surface area contributed by atoms with Crippen LogP contribution in [0.3, 0.4) is 0 Å². The average molecular weight is 356 g/mol. The van der Waals surface area contributed by atoms with E-state index in [-0.39, 0.29) is 24.3 Å². The van der Waals surface area contributed by atoms with E-state index in [0.29, 0.717) is 10.8 Å². The van der Waals surface area contributed by atoms with E-state index in [9.17, 15) is 13.6 Å². The Morgan fingerprint density at radius 2 is 1.67 bits per heavy atom. The van der Waals surface area contributed by atoms with Crippen molar-refractivity contribution in [2.75, 3.05) is 6.61 Å². The van der Waals surface area contributed by atoms with E-state index in [0.717, 1.165) is 5.56 Å². The minimum absolute atomic E-state index is 0.0679. The van der Waals surface area contributed by atoms with Gasteiger partial charge in [-0.3, -0.25) is 4.79 Å². The van der Waals surface area contributed by atoms with Crippen molar-refractivity contribution in [3.05, 3.63) is 59.1 Å². The van der Waals surface area contributed by atoms with Crippen LogP contribution in [-0.2, 0) is 4.79 Å². The summed E-state index contributed by atoms with van der Waals surface area (Å²) in [7, 11) is 0. The monoisotopic (exact) mass is 355 g/mol. The fourth-order valence-electron chi connectivity index (χ4n) is 1.98. The van der Waals surface area contributed by atoms with Crippen molar-refractivity contribution in [1.82, 2.24) is 5.32 Å². The maximum atomic E-state index is 12.1. The second kappa shape index (κ2) is 8.49. The Balaban J connectivity index is 1.83. The van der Waals surface area contributed by atoms with Gasteiger partial charge in [-0.2, -0.15) is 8.78 Å². The molecule has 1 N–H and O–H groups in total. The molecule has 7 heteroatoms. The van der Waals surface area contributed by atoms with Crippen molar-refractivity contribution in [3.8, 4) is 11.5 Å². The number of amides is 1. The highest BCUT2D eigenvalue weighted by Crippen LogP contribution is 2.19. The Hall–Kier alpha value is -2.34. The third-order valence-electron chi connectivity index (χ3n) is 3.17. The van der Waals surface area contributed by atoms with Crippen molar-refractivity contribution in [2.24, 2.45) is 0 Å². The van der Waals surface area contributed by atoms with Gasteiger partial charge in [-0.15, -0.1) is 0 Å². The van der Waals surface area contributed by atoms with E-state index in [1.54, 1.807) is 43.3 Å². The van der Waals surface area contributed by atoms with Gasteiger partial charge in [0.25, 0.3) is 5.91 Å². The Labute approximate surface area is 143 Å². The van der Waals surface area contributed by atoms with Gasteiger partial charge in [0.1, 0.15) is 11.5 Å². The maximum absolute atomic E-state index is 12.1. The molecular weight excluding hydrogens is 340 g/mol. The lowest BCUT2D eigenvalue weighted by Crippen LogP contribution is -2.31. The van der Waals surface area contributed by atoms with Crippen LogP contribution in [0.25, 0.3) is 0 Å². The Kier molecular flexibility index (Phi) is 6.37. The van der Waals surface area contributed by atoms with E-state index < -0.39 is 6.61 Å². The zero-order valence-corrected chi connectivity index (χ0v) is 13.6. The van der Waals surface area contributed by atoms with Crippen LogP contribution in [0.1, 0.15) is 18.5 Å². The number of alkyl halides is 2. The number of nitrogens with one attached hydrogen (secondary N) is 1. The lowest BCUT2D eigenvalue weighted by molar-refractivity contribution is -0.123. The van der Waals surface area contributed by atoms with Crippen molar-refractivity contribution in [2.45, 2.75) is 19.6 Å². The number of rotatable bonds is 7. The van der Waals surface area contributed by atoms with Crippen molar-refractivity contribution >= 4 is 17.5 Å². The van der Waals surface area contributed by atoms with Crippen LogP contribution in [-0.4, -0.2) is 19.1 Å². The molecule has 0 radical (unpaired) electrons. The quantitative estimate of drug-likeness (QED) is 0.809. The smallest absolute Gasteiger partial charge is 0.387 e. The molecule has 0 aliphatic carbocycles. The van der Waals surface area contributed by atoms with Gasteiger partial charge in [0.05, 0.1) is 6.04 Å². The topological polar surface area (TPSA) is 47.6 Å². The minimum Gasteiger partial charge on any atom is -0.484 e. The van der Waals surface area contributed by atoms with Crippen LogP contribution in [0.5, 0.6) is 11.5 Å². The second-order valence-corrected chi connectivity index (χ2v) is 5.42. The van der Waals surface area contributed by atoms with Gasteiger partial charge < -0.3 is 14.8 Å². The first-order valence-electron chi connectivity index (χ1n) is 7.16. The van der Waals surface area contributed by atoms with Gasteiger partial charge in [-0.25, -0.2) is 0 Å². The van der Waals surface area contributed by atoms with Gasteiger partial charge in [-0.05, 0) is 48.9 Å². The normalized spacial score (nSPS) is 11.9. The molecule has 0 aliphatic rings. The van der Waals surface area contributed by atoms with Crippen LogP contribution in [0.15, 0.2) is 48.5 Å². The van der Waals surface area contributed by atoms with Crippen LogP contribution in [0, 0.1) is 0 Å². The molecule has 1 atom stereocenters. The molecule has 2 aromatic carbocycles. The number of carbonyl (C=O) groups is 1. The highest BCUT2D eigenvalue weighted by atomic mass is 35.5. The van der Waals surface area contributed by atoms with E-state index in [1.165, 1.54) is 12.1 Å². The summed E-state index contributed by atoms with van der Waals surface area (Å²) in [5.74, 6) is 0.305. The first-order chi connectivity index (χ1) is 11.4. The molecule has 0 aliphatic heterocycles. The van der Waals surface area contributed by atoms with Crippen molar-refractivity contribution < 1.29 is 23.0 Å². The number of hydrogen-bond donors (Lipinski definition) is 1. The Morgan fingerprint density at radius 3 is 2.25 bits per heavy atom. The van der Waals surface area contributed by atoms with Gasteiger partial charge in [0.2, 0.25) is 0 Å². The minimum atomic E-state index is -2.86. The van der Waals surface area contributed by atoms with Gasteiger partial charge in [0, 0.05) is 5.02 Å². The lowest BCUT2D eigenvalue weighted by atomic mass is 10.1. The molecule has 1 unspecified atom stereocenters. The molecule has 0 heterocycles. The fraction of sp³-hybridized carbons (Fsp3) is 0.235. The van der Waals surface area contributed by atoms with Crippen LogP contribution in [0.4, 0.5) is 8.78 Å². The first-order valence-corrected chi connectivity index (χ1v) is 7.54. The van der Waals surface area contributed by atoms with Gasteiger partial charge >= 0.3 is 6.61 Å². The molecule has 128 valence electrons. The third-order valence-corrected chi connectivity index (χ3v) is 3.42. The molecule has 0 spiro atoms. The van der Waals surface area contributed by atoms with E-state index in [4.69, 9.17) is 16.3 Å². The highest BCUT2D eigenvalue weighted by Gasteiger charge is 2.11. The molecular formula is C17H16ClF2NO3. The molecule has 2 rings (SSSR count). The SMILES string of the molecule is CC(NC(=O)COc1ccc(Cl)cc1)c1ccc(OC(F)F)cc1. The predicted molar refractivity (Wildman–Crippen MR) is 86.6 cm³/mol. The standard InChI is InChI=1S/C17H16ClF2NO3/c1-11(12-2-6-15(7-3-12)24-17(19)20)21-16(22)10-23-14-8-4-13(18)5-9-14/h2-9,11,17H,10H2,1H3,(H,21,22). The Bertz CT molecular complexity index is 663. The summed E-state index contributed by atoms with van der Waals surface area (Å²) in [6, 6.07) is 12.4. The summed E-state index contributed by atoms with van der Waals surface area (Å²) >= 11 is 5.76. The largest absolute Gasteiger partial charge is 0.484 e. The van der Waals surface area contributed by atoms with Gasteiger partial charge in [0.15, 0.2) is 6.61 Å². The van der Waals surface area contributed by atoms with Crippen molar-refractivity contribution in [1.29, 1.82) is 0 Å². The van der Waals surface area contributed by atoms with Crippen molar-refractivity contribution in [3.63, 3.8) is 0 Å². The van der Waals surface area contributed by atoms with Crippen LogP contribution < -0.4 is 14.8 Å². The summed E-state index contributed by atoms with van der Waals surface area (Å²) in [5.41, 5.74) is 0.761. The molecule has 0 fully saturated rings. The molecule has 1 amide bonds. The number of carbonyl (C=O) groups excluding carboxylic acids is 1. The first kappa shape index (κ1) is 18.0. The molecule has 0 bridgehead atoms. The average Bonchev–Trinajstić information content (AvgIpc) is 2.54. The number of halogens is 3. The summed E-state index contributed by atoms with van der Waals surface area (Å²) in [5, 5.41) is 3.34. The summed E-state index contributed by atoms with van der Waals surface area (Å²) in [4.78, 5) is 11.9. The predicted octanol–water partition coefficient (Wildman–Crippen LogP) is 4.20. The van der Waals surface area contributed by atoms with E-state index in [1.807, 2.05) is 0 Å². The van der Waals surface area contributed by atoms with Crippen LogP contribution in [0.2, 0.25) is 5.02 Å². The molecule has 0 aromatic heterocycles. The molecule has 2 aromatic rings. The zero-order chi connectivity index (χ0) is 17.5. The maximum Gasteiger partial charge on any atom is 0.387 e. The lowest BCUT2D eigenvalue weighted by Gasteiger charge is -2.15. The highest BCUT2D eigenvalue weighted by molar-refractivity contribution is 6.30. The molecule has 24 heavy (non-hydrogen) atoms. The summed E-state index contributed by atoms with van der Waals surface area (Å²) < 4.78 is 33.8. The molecule has 4 nitrogen and oxygen atoms in total. The number of ether oxygens (including phenoxy) is 2. The number of hydrogen-bond acceptors (Lipinski definition) is 3. The van der Waals surface area contributed by atoms with E-state index >= 15 is 0 Å². The zero-order valence-electron chi connectivity index (χ0n) is 12.8. The molecule has 0 saturated carbocycles. The third kappa shape index (κ3) is 5.70.